The first-order valence-electron chi connectivity index (χ1n) is 9.69. The molecule has 1 amide bonds. The van der Waals surface area contributed by atoms with E-state index in [4.69, 9.17) is 9.47 Å². The van der Waals surface area contributed by atoms with Gasteiger partial charge >= 0.3 is 0 Å². The molecule has 1 heterocycles. The lowest BCUT2D eigenvalue weighted by atomic mass is 10.2. The number of hydrogen-bond donors (Lipinski definition) is 1. The number of anilines is 1. The minimum atomic E-state index is -3.56. The van der Waals surface area contributed by atoms with E-state index in [0.29, 0.717) is 60.3 Å². The van der Waals surface area contributed by atoms with Gasteiger partial charge in [-0.1, -0.05) is 13.8 Å². The molecule has 7 nitrogen and oxygen atoms in total. The fraction of sp³-hybridized carbons (Fsp3) is 0.381. The van der Waals surface area contributed by atoms with Crippen LogP contribution in [0.25, 0.3) is 0 Å². The van der Waals surface area contributed by atoms with Crippen molar-refractivity contribution in [2.75, 3.05) is 38.2 Å². The Hall–Kier alpha value is -1.94. The Labute approximate surface area is 185 Å². The SMILES string of the molecule is CC(C)COc1ccc(C(=O)Nc2ccc(S(=O)(=O)N3CCOCC3)cc2)cc1Br. The quantitative estimate of drug-likeness (QED) is 0.630. The molecule has 1 aliphatic heterocycles. The summed E-state index contributed by atoms with van der Waals surface area (Å²) in [5.41, 5.74) is 0.973. The minimum absolute atomic E-state index is 0.191. The third-order valence-electron chi connectivity index (χ3n) is 4.49. The first-order chi connectivity index (χ1) is 14.3. The van der Waals surface area contributed by atoms with Crippen LogP contribution in [0.2, 0.25) is 0 Å². The minimum Gasteiger partial charge on any atom is -0.492 e. The molecule has 0 unspecified atom stereocenters. The average molecular weight is 497 g/mol. The summed E-state index contributed by atoms with van der Waals surface area (Å²) in [5, 5.41) is 2.78. The summed E-state index contributed by atoms with van der Waals surface area (Å²) in [6, 6.07) is 11.3. The van der Waals surface area contributed by atoms with Gasteiger partial charge in [0.1, 0.15) is 5.75 Å². The van der Waals surface area contributed by atoms with E-state index < -0.39 is 10.0 Å². The van der Waals surface area contributed by atoms with Crippen molar-refractivity contribution in [3.63, 3.8) is 0 Å². The summed E-state index contributed by atoms with van der Waals surface area (Å²) in [6.07, 6.45) is 0. The van der Waals surface area contributed by atoms with E-state index in [0.717, 1.165) is 0 Å². The van der Waals surface area contributed by atoms with Crippen LogP contribution in [-0.2, 0) is 14.8 Å². The second-order valence-electron chi connectivity index (χ2n) is 7.35. The van der Waals surface area contributed by atoms with Gasteiger partial charge in [-0.25, -0.2) is 8.42 Å². The van der Waals surface area contributed by atoms with E-state index in [1.54, 1.807) is 30.3 Å². The number of amides is 1. The number of ether oxygens (including phenoxy) is 2. The highest BCUT2D eigenvalue weighted by Gasteiger charge is 2.26. The molecule has 0 radical (unpaired) electrons. The Morgan fingerprint density at radius 1 is 1.17 bits per heavy atom. The molecule has 9 heteroatoms. The van der Waals surface area contributed by atoms with E-state index in [9.17, 15) is 13.2 Å². The smallest absolute Gasteiger partial charge is 0.255 e. The molecule has 162 valence electrons. The lowest BCUT2D eigenvalue weighted by molar-refractivity contribution is 0.0730. The summed E-state index contributed by atoms with van der Waals surface area (Å²) < 4.78 is 38.4. The van der Waals surface area contributed by atoms with Crippen LogP contribution in [0.5, 0.6) is 5.75 Å². The number of carbonyl (C=O) groups is 1. The Morgan fingerprint density at radius 3 is 2.43 bits per heavy atom. The Morgan fingerprint density at radius 2 is 1.83 bits per heavy atom. The monoisotopic (exact) mass is 496 g/mol. The molecule has 0 aliphatic carbocycles. The van der Waals surface area contributed by atoms with Crippen molar-refractivity contribution in [2.45, 2.75) is 18.7 Å². The zero-order valence-corrected chi connectivity index (χ0v) is 19.3. The molecule has 1 N–H and O–H groups in total. The predicted molar refractivity (Wildman–Crippen MR) is 118 cm³/mol. The normalized spacial score (nSPS) is 15.2. The van der Waals surface area contributed by atoms with Crippen molar-refractivity contribution in [1.29, 1.82) is 0 Å². The molecule has 1 saturated heterocycles. The first-order valence-corrected chi connectivity index (χ1v) is 11.9. The Kier molecular flexibility index (Phi) is 7.51. The number of morpholine rings is 1. The molecular formula is C21H25BrN2O5S. The number of benzene rings is 2. The first kappa shape index (κ1) is 22.7. The molecule has 3 rings (SSSR count). The standard InChI is InChI=1S/C21H25BrN2O5S/c1-15(2)14-29-20-8-3-16(13-19(20)22)21(25)23-17-4-6-18(7-5-17)30(26,27)24-9-11-28-12-10-24/h3-8,13,15H,9-12,14H2,1-2H3,(H,23,25). The number of carbonyl (C=O) groups excluding carboxylic acids is 1. The predicted octanol–water partition coefficient (Wildman–Crippen LogP) is 3.76. The van der Waals surface area contributed by atoms with Crippen molar-refractivity contribution in [3.05, 3.63) is 52.5 Å². The van der Waals surface area contributed by atoms with Gasteiger partial charge in [-0.2, -0.15) is 4.31 Å². The van der Waals surface area contributed by atoms with E-state index in [2.05, 4.69) is 35.1 Å². The fourth-order valence-corrected chi connectivity index (χ4v) is 4.77. The molecule has 0 atom stereocenters. The third kappa shape index (κ3) is 5.60. The molecule has 30 heavy (non-hydrogen) atoms. The zero-order valence-electron chi connectivity index (χ0n) is 16.9. The molecule has 0 bridgehead atoms. The zero-order chi connectivity index (χ0) is 21.7. The number of hydrogen-bond acceptors (Lipinski definition) is 5. The highest BCUT2D eigenvalue weighted by Crippen LogP contribution is 2.27. The maximum atomic E-state index is 12.7. The summed E-state index contributed by atoms with van der Waals surface area (Å²) in [4.78, 5) is 12.8. The molecule has 0 aromatic heterocycles. The Balaban J connectivity index is 1.66. The molecule has 2 aromatic rings. The van der Waals surface area contributed by atoms with Gasteiger partial charge in [-0.3, -0.25) is 4.79 Å². The second-order valence-corrected chi connectivity index (χ2v) is 10.1. The molecule has 2 aromatic carbocycles. The van der Waals surface area contributed by atoms with E-state index in [1.165, 1.54) is 16.4 Å². The number of halogens is 1. The van der Waals surface area contributed by atoms with Crippen LogP contribution in [0, 0.1) is 5.92 Å². The van der Waals surface area contributed by atoms with Crippen molar-refractivity contribution in [2.24, 2.45) is 5.92 Å². The van der Waals surface area contributed by atoms with Crippen LogP contribution < -0.4 is 10.1 Å². The second kappa shape index (κ2) is 9.91. The lowest BCUT2D eigenvalue weighted by Crippen LogP contribution is -2.40. The summed E-state index contributed by atoms with van der Waals surface area (Å²) in [6.45, 7) is 6.18. The third-order valence-corrected chi connectivity index (χ3v) is 7.02. The van der Waals surface area contributed by atoms with Crippen LogP contribution in [0.3, 0.4) is 0 Å². The molecular weight excluding hydrogens is 472 g/mol. The van der Waals surface area contributed by atoms with Gasteiger partial charge in [0.05, 0.1) is 29.2 Å². The number of nitrogens with zero attached hydrogens (tertiary/aromatic N) is 1. The maximum Gasteiger partial charge on any atom is 0.255 e. The van der Waals surface area contributed by atoms with Gasteiger partial charge < -0.3 is 14.8 Å². The van der Waals surface area contributed by atoms with E-state index in [-0.39, 0.29) is 10.8 Å². The van der Waals surface area contributed by atoms with Crippen molar-refractivity contribution in [3.8, 4) is 5.75 Å². The topological polar surface area (TPSA) is 84.9 Å². The van der Waals surface area contributed by atoms with Crippen LogP contribution in [0.4, 0.5) is 5.69 Å². The highest BCUT2D eigenvalue weighted by atomic mass is 79.9. The molecule has 0 saturated carbocycles. The molecule has 1 aliphatic rings. The van der Waals surface area contributed by atoms with Gasteiger partial charge in [0.2, 0.25) is 10.0 Å². The Bertz CT molecular complexity index is 987. The van der Waals surface area contributed by atoms with Crippen LogP contribution in [0.15, 0.2) is 51.8 Å². The van der Waals surface area contributed by atoms with Crippen molar-refractivity contribution < 1.29 is 22.7 Å². The van der Waals surface area contributed by atoms with Crippen LogP contribution >= 0.6 is 15.9 Å². The molecule has 0 spiro atoms. The van der Waals surface area contributed by atoms with E-state index in [1.807, 2.05) is 0 Å². The van der Waals surface area contributed by atoms with Gasteiger partial charge in [0, 0.05) is 24.3 Å². The fourth-order valence-electron chi connectivity index (χ4n) is 2.87. The number of sulfonamides is 1. The lowest BCUT2D eigenvalue weighted by Gasteiger charge is -2.26. The van der Waals surface area contributed by atoms with Crippen LogP contribution in [-0.4, -0.2) is 51.5 Å². The number of nitrogens with one attached hydrogen (secondary N) is 1. The summed E-state index contributed by atoms with van der Waals surface area (Å²) >= 11 is 3.43. The van der Waals surface area contributed by atoms with Gasteiger partial charge in [-0.15, -0.1) is 0 Å². The highest BCUT2D eigenvalue weighted by molar-refractivity contribution is 9.10. The maximum absolute atomic E-state index is 12.7. The molecule has 1 fully saturated rings. The number of rotatable bonds is 7. The average Bonchev–Trinajstić information content (AvgIpc) is 2.73. The van der Waals surface area contributed by atoms with Crippen molar-refractivity contribution >= 4 is 37.5 Å². The summed E-state index contributed by atoms with van der Waals surface area (Å²) in [5.74, 6) is 0.780. The van der Waals surface area contributed by atoms with Gasteiger partial charge in [-0.05, 0) is 64.3 Å². The largest absolute Gasteiger partial charge is 0.492 e. The van der Waals surface area contributed by atoms with Crippen LogP contribution in [0.1, 0.15) is 24.2 Å². The summed E-state index contributed by atoms with van der Waals surface area (Å²) in [7, 11) is -3.56. The van der Waals surface area contributed by atoms with Crippen molar-refractivity contribution in [1.82, 2.24) is 4.31 Å². The van der Waals surface area contributed by atoms with E-state index >= 15 is 0 Å². The van der Waals surface area contributed by atoms with Gasteiger partial charge in [0.15, 0.2) is 0 Å². The van der Waals surface area contributed by atoms with Gasteiger partial charge in [0.25, 0.3) is 5.91 Å².